The number of likely N-dealkylation sites (N-methyl/N-ethyl adjacent to an activating group) is 1. The molecule has 0 saturated heterocycles. The van der Waals surface area contributed by atoms with E-state index in [2.05, 4.69) is 45.8 Å². The van der Waals surface area contributed by atoms with Crippen molar-refractivity contribution in [3.8, 4) is 0 Å². The van der Waals surface area contributed by atoms with Crippen LogP contribution in [0.1, 0.15) is 33.1 Å². The molecule has 0 radical (unpaired) electrons. The highest BCUT2D eigenvalue weighted by Gasteiger charge is 2.25. The maximum Gasteiger partial charge on any atom is 0.327 e. The van der Waals surface area contributed by atoms with Crippen LogP contribution in [-0.4, -0.2) is 89.6 Å². The van der Waals surface area contributed by atoms with Gasteiger partial charge in [0.1, 0.15) is 6.04 Å². The minimum Gasteiger partial charge on any atom is -0.480 e. The Morgan fingerprint density at radius 2 is 2.13 bits per heavy atom. The number of carbonyl (C=O) groups is 2. The molecule has 38 heavy (non-hydrogen) atoms. The van der Waals surface area contributed by atoms with Gasteiger partial charge in [0.15, 0.2) is 0 Å². The van der Waals surface area contributed by atoms with Crippen LogP contribution in [0, 0.1) is 5.92 Å². The number of aliphatic imine (C=N–C) groups is 1. The summed E-state index contributed by atoms with van der Waals surface area (Å²) in [7, 11) is 3.71. The first kappa shape index (κ1) is 32.3. The lowest BCUT2D eigenvalue weighted by atomic mass is 9.89. The van der Waals surface area contributed by atoms with Crippen molar-refractivity contribution >= 4 is 52.8 Å². The molecule has 2 aliphatic rings. The predicted molar refractivity (Wildman–Crippen MR) is 164 cm³/mol. The van der Waals surface area contributed by atoms with Crippen molar-refractivity contribution in [2.75, 3.05) is 45.7 Å². The number of allylic oxidation sites excluding steroid dienone is 7. The molecule has 0 bridgehead atoms. The quantitative estimate of drug-likeness (QED) is 0.217. The zero-order chi connectivity index (χ0) is 28.1. The second kappa shape index (κ2) is 16.9. The third-order valence-electron chi connectivity index (χ3n) is 6.48. The second-order valence-electron chi connectivity index (χ2n) is 9.31. The van der Waals surface area contributed by atoms with E-state index in [9.17, 15) is 14.7 Å². The maximum atomic E-state index is 12.7. The monoisotopic (exact) mass is 580 g/mol. The second-order valence-corrected chi connectivity index (χ2v) is 11.8. The van der Waals surface area contributed by atoms with Gasteiger partial charge in [-0.25, -0.2) is 4.79 Å². The van der Waals surface area contributed by atoms with E-state index in [1.54, 1.807) is 30.6 Å². The minimum atomic E-state index is -1.02. The summed E-state index contributed by atoms with van der Waals surface area (Å²) in [6.07, 6.45) is 16.4. The van der Waals surface area contributed by atoms with Crippen LogP contribution in [0.2, 0.25) is 0 Å². The molecule has 0 heterocycles. The summed E-state index contributed by atoms with van der Waals surface area (Å²) in [5, 5.41) is 15.7. The van der Waals surface area contributed by atoms with Gasteiger partial charge in [-0.1, -0.05) is 42.8 Å². The Morgan fingerprint density at radius 3 is 2.79 bits per heavy atom. The Balaban J connectivity index is 1.92. The number of rotatable bonds is 14. The summed E-state index contributed by atoms with van der Waals surface area (Å²) in [6, 6.07) is -0.975. The van der Waals surface area contributed by atoms with E-state index in [4.69, 9.17) is 11.6 Å². The van der Waals surface area contributed by atoms with Crippen LogP contribution in [0.15, 0.2) is 63.2 Å². The van der Waals surface area contributed by atoms with Gasteiger partial charge in [0.2, 0.25) is 5.91 Å². The standard InChI is InChI=1S/C28H41ClN4O3S2/c1-6-13-33(17-24(19-37-5)32(4)20(2)30-3)18-26(28(35)36)31-27(34)12-14-38-25-11-10-22-15-23(29)9-7-8-21(22)16-25/h7-11,15,19,21,25-26H,6,12-14,16-18H2,1-5H3,(H,31,34)(H,35,36)/b24-19-,30-20?. The molecular formula is C28H41ClN4O3S2. The lowest BCUT2D eigenvalue weighted by Crippen LogP contribution is -2.49. The van der Waals surface area contributed by atoms with E-state index in [0.29, 0.717) is 23.5 Å². The predicted octanol–water partition coefficient (Wildman–Crippen LogP) is 5.14. The largest absolute Gasteiger partial charge is 0.480 e. The summed E-state index contributed by atoms with van der Waals surface area (Å²) in [4.78, 5) is 33.1. The molecule has 0 aromatic rings. The van der Waals surface area contributed by atoms with Gasteiger partial charge in [-0.3, -0.25) is 14.7 Å². The molecule has 1 amide bonds. The van der Waals surface area contributed by atoms with Gasteiger partial charge < -0.3 is 15.3 Å². The summed E-state index contributed by atoms with van der Waals surface area (Å²) in [5.41, 5.74) is 2.23. The van der Waals surface area contributed by atoms with Crippen LogP contribution >= 0.6 is 35.1 Å². The van der Waals surface area contributed by atoms with Gasteiger partial charge in [-0.2, -0.15) is 11.8 Å². The number of carboxylic acids is 1. The molecule has 2 aliphatic carbocycles. The van der Waals surface area contributed by atoms with Crippen molar-refractivity contribution in [3.63, 3.8) is 0 Å². The van der Waals surface area contributed by atoms with Crippen molar-refractivity contribution in [2.45, 2.75) is 44.4 Å². The minimum absolute atomic E-state index is 0.231. The average Bonchev–Trinajstić information content (AvgIpc) is 3.07. The fourth-order valence-corrected chi connectivity index (χ4v) is 6.12. The van der Waals surface area contributed by atoms with Crippen molar-refractivity contribution in [2.24, 2.45) is 10.9 Å². The Bertz CT molecular complexity index is 1010. The van der Waals surface area contributed by atoms with Gasteiger partial charge in [-0.15, -0.1) is 11.8 Å². The number of amides is 1. The molecule has 0 aromatic heterocycles. The molecule has 7 nitrogen and oxygen atoms in total. The van der Waals surface area contributed by atoms with Gasteiger partial charge >= 0.3 is 5.97 Å². The Morgan fingerprint density at radius 1 is 1.37 bits per heavy atom. The lowest BCUT2D eigenvalue weighted by Gasteiger charge is -2.30. The van der Waals surface area contributed by atoms with Crippen LogP contribution in [0.3, 0.4) is 0 Å². The van der Waals surface area contributed by atoms with Crippen molar-refractivity contribution in [3.05, 3.63) is 58.2 Å². The SMILES string of the molecule is CCCN(C/C(=C/SC)N(C)C(C)=NC)CC(NC(=O)CCSC1C=CC2=CC(Cl)=CC=CC2C1)C(=O)O. The Labute approximate surface area is 241 Å². The van der Waals surface area contributed by atoms with E-state index in [1.165, 1.54) is 5.57 Å². The molecule has 0 saturated carbocycles. The lowest BCUT2D eigenvalue weighted by molar-refractivity contribution is -0.142. The molecule has 10 heteroatoms. The van der Waals surface area contributed by atoms with E-state index in [0.717, 1.165) is 36.0 Å². The number of amidine groups is 1. The molecule has 2 rings (SSSR count). The zero-order valence-electron chi connectivity index (χ0n) is 23.0. The Hall–Kier alpha value is -1.94. The third kappa shape index (κ3) is 10.7. The molecule has 0 aliphatic heterocycles. The summed E-state index contributed by atoms with van der Waals surface area (Å²) in [6.45, 7) is 5.52. The summed E-state index contributed by atoms with van der Waals surface area (Å²) < 4.78 is 0. The highest BCUT2D eigenvalue weighted by molar-refractivity contribution is 8.01. The van der Waals surface area contributed by atoms with Crippen LogP contribution in [0.5, 0.6) is 0 Å². The number of aliphatic carboxylic acids is 1. The number of nitrogens with zero attached hydrogens (tertiary/aromatic N) is 3. The first-order valence-corrected chi connectivity index (χ1v) is 15.6. The number of hydrogen-bond donors (Lipinski definition) is 2. The average molecular weight is 581 g/mol. The number of halogens is 1. The van der Waals surface area contributed by atoms with E-state index in [1.807, 2.05) is 43.4 Å². The first-order valence-electron chi connectivity index (χ1n) is 12.9. The zero-order valence-corrected chi connectivity index (χ0v) is 25.4. The van der Waals surface area contributed by atoms with Crippen molar-refractivity contribution in [1.82, 2.24) is 15.1 Å². The smallest absolute Gasteiger partial charge is 0.327 e. The van der Waals surface area contributed by atoms with Crippen molar-refractivity contribution < 1.29 is 14.7 Å². The van der Waals surface area contributed by atoms with Crippen LogP contribution < -0.4 is 5.32 Å². The van der Waals surface area contributed by atoms with Gasteiger partial charge in [0.25, 0.3) is 0 Å². The van der Waals surface area contributed by atoms with Crippen molar-refractivity contribution in [1.29, 1.82) is 0 Å². The molecule has 2 N–H and O–H groups in total. The van der Waals surface area contributed by atoms with E-state index < -0.39 is 12.0 Å². The molecule has 0 fully saturated rings. The maximum absolute atomic E-state index is 12.7. The fraction of sp³-hybridized carbons (Fsp3) is 0.536. The van der Waals surface area contributed by atoms with E-state index in [-0.39, 0.29) is 18.9 Å². The third-order valence-corrected chi connectivity index (χ3v) is 8.44. The van der Waals surface area contributed by atoms with Gasteiger partial charge in [0, 0.05) is 61.3 Å². The molecular weight excluding hydrogens is 540 g/mol. The van der Waals surface area contributed by atoms with Crippen LogP contribution in [-0.2, 0) is 9.59 Å². The molecule has 0 aromatic carbocycles. The Kier molecular flexibility index (Phi) is 14.4. The van der Waals surface area contributed by atoms with E-state index >= 15 is 0 Å². The van der Waals surface area contributed by atoms with Gasteiger partial charge in [0.05, 0.1) is 5.84 Å². The topological polar surface area (TPSA) is 85.2 Å². The van der Waals surface area contributed by atoms with Crippen LogP contribution in [0.4, 0.5) is 0 Å². The number of hydrogen-bond acceptors (Lipinski definition) is 6. The molecule has 0 spiro atoms. The van der Waals surface area contributed by atoms with Crippen LogP contribution in [0.25, 0.3) is 0 Å². The number of nitrogens with one attached hydrogen (secondary N) is 1. The number of carboxylic acid groups (broad SMARTS) is 1. The molecule has 3 unspecified atom stereocenters. The fourth-order valence-electron chi connectivity index (χ4n) is 4.27. The highest BCUT2D eigenvalue weighted by atomic mass is 35.5. The van der Waals surface area contributed by atoms with Gasteiger partial charge in [-0.05, 0) is 55.7 Å². The number of thioether (sulfide) groups is 2. The normalized spacial score (nSPS) is 20.4. The molecule has 210 valence electrons. The molecule has 3 atom stereocenters. The number of fused-ring (bicyclic) bond motifs is 1. The summed E-state index contributed by atoms with van der Waals surface area (Å²) >= 11 is 9.50. The summed E-state index contributed by atoms with van der Waals surface area (Å²) in [5.74, 6) is 0.553. The first-order chi connectivity index (χ1) is 18.2. The number of carbonyl (C=O) groups excluding carboxylic acids is 1. The highest BCUT2D eigenvalue weighted by Crippen LogP contribution is 2.34.